The first-order valence-electron chi connectivity index (χ1n) is 8.17. The van der Waals surface area contributed by atoms with Crippen LogP contribution in [-0.4, -0.2) is 20.1 Å². The fraction of sp³-hybridized carbons (Fsp3) is 0.350. The van der Waals surface area contributed by atoms with Crippen LogP contribution in [-0.2, 0) is 17.6 Å². The van der Waals surface area contributed by atoms with Crippen LogP contribution >= 0.6 is 0 Å². The molecule has 4 nitrogen and oxygen atoms in total. The van der Waals surface area contributed by atoms with Crippen molar-refractivity contribution in [1.82, 2.24) is 0 Å². The van der Waals surface area contributed by atoms with Crippen LogP contribution in [0.2, 0.25) is 0 Å². The minimum Gasteiger partial charge on any atom is -0.493 e. The van der Waals surface area contributed by atoms with E-state index in [4.69, 9.17) is 9.47 Å². The molecule has 2 aromatic rings. The third kappa shape index (κ3) is 4.51. The zero-order valence-electron chi connectivity index (χ0n) is 14.8. The van der Waals surface area contributed by atoms with E-state index in [1.165, 1.54) is 11.1 Å². The van der Waals surface area contributed by atoms with Gasteiger partial charge in [0.05, 0.1) is 14.2 Å². The number of carbonyl (C=O) groups excluding carboxylic acids is 1. The van der Waals surface area contributed by atoms with Gasteiger partial charge in [-0.2, -0.15) is 0 Å². The van der Waals surface area contributed by atoms with Gasteiger partial charge in [-0.1, -0.05) is 31.2 Å². The summed E-state index contributed by atoms with van der Waals surface area (Å²) in [6.07, 6.45) is 2.20. The molecule has 0 saturated heterocycles. The Morgan fingerprint density at radius 1 is 1.00 bits per heavy atom. The Morgan fingerprint density at radius 3 is 2.17 bits per heavy atom. The molecular formula is C20H25NO3. The largest absolute Gasteiger partial charge is 0.493 e. The molecule has 2 rings (SSSR count). The van der Waals surface area contributed by atoms with Gasteiger partial charge in [0.2, 0.25) is 5.91 Å². The summed E-state index contributed by atoms with van der Waals surface area (Å²) >= 11 is 0. The quantitative estimate of drug-likeness (QED) is 0.831. The lowest BCUT2D eigenvalue weighted by Gasteiger charge is -2.13. The lowest BCUT2D eigenvalue weighted by Crippen LogP contribution is -2.13. The van der Waals surface area contributed by atoms with E-state index in [0.717, 1.165) is 24.1 Å². The first kappa shape index (κ1) is 17.9. The fourth-order valence-electron chi connectivity index (χ4n) is 2.53. The van der Waals surface area contributed by atoms with Gasteiger partial charge in [0, 0.05) is 18.2 Å². The first-order valence-corrected chi connectivity index (χ1v) is 8.17. The number of hydrogen-bond donors (Lipinski definition) is 1. The van der Waals surface area contributed by atoms with E-state index in [1.54, 1.807) is 20.3 Å². The highest BCUT2D eigenvalue weighted by molar-refractivity contribution is 5.92. The molecule has 1 N–H and O–H groups in total. The molecule has 0 atom stereocenters. The Morgan fingerprint density at radius 2 is 1.58 bits per heavy atom. The lowest BCUT2D eigenvalue weighted by molar-refractivity contribution is -0.116. The maximum Gasteiger partial charge on any atom is 0.224 e. The van der Waals surface area contributed by atoms with Crippen LogP contribution in [0.1, 0.15) is 30.0 Å². The minimum atomic E-state index is -0.00936. The van der Waals surface area contributed by atoms with Gasteiger partial charge in [-0.3, -0.25) is 4.79 Å². The van der Waals surface area contributed by atoms with Crippen LogP contribution in [0.4, 0.5) is 5.69 Å². The average molecular weight is 327 g/mol. The molecule has 0 spiro atoms. The normalized spacial score (nSPS) is 10.3. The summed E-state index contributed by atoms with van der Waals surface area (Å²) in [4.78, 5) is 12.2. The monoisotopic (exact) mass is 327 g/mol. The summed E-state index contributed by atoms with van der Waals surface area (Å²) in [5.74, 6) is 1.25. The second kappa shape index (κ2) is 8.39. The number of hydrogen-bond acceptors (Lipinski definition) is 3. The van der Waals surface area contributed by atoms with Crippen LogP contribution in [0.3, 0.4) is 0 Å². The Balaban J connectivity index is 1.98. The van der Waals surface area contributed by atoms with Crippen molar-refractivity contribution in [3.63, 3.8) is 0 Å². The molecule has 0 aliphatic heterocycles. The van der Waals surface area contributed by atoms with Crippen LogP contribution < -0.4 is 14.8 Å². The summed E-state index contributed by atoms with van der Waals surface area (Å²) in [5.41, 5.74) is 4.17. The predicted molar refractivity (Wildman–Crippen MR) is 97.1 cm³/mol. The average Bonchev–Trinajstić information content (AvgIpc) is 2.61. The molecule has 0 aliphatic carbocycles. The van der Waals surface area contributed by atoms with Crippen molar-refractivity contribution < 1.29 is 14.3 Å². The Hall–Kier alpha value is -2.49. The van der Waals surface area contributed by atoms with Crippen LogP contribution in [0.15, 0.2) is 36.4 Å². The maximum atomic E-state index is 12.2. The van der Waals surface area contributed by atoms with Gasteiger partial charge in [-0.25, -0.2) is 0 Å². The number of anilines is 1. The first-order chi connectivity index (χ1) is 11.6. The van der Waals surface area contributed by atoms with Gasteiger partial charge >= 0.3 is 0 Å². The fourth-order valence-corrected chi connectivity index (χ4v) is 2.53. The number of nitrogens with one attached hydrogen (secondary N) is 1. The number of benzene rings is 2. The molecule has 0 fully saturated rings. The van der Waals surface area contributed by atoms with Crippen LogP contribution in [0, 0.1) is 6.92 Å². The van der Waals surface area contributed by atoms with Gasteiger partial charge in [0.15, 0.2) is 11.5 Å². The maximum absolute atomic E-state index is 12.2. The zero-order valence-corrected chi connectivity index (χ0v) is 14.8. The highest BCUT2D eigenvalue weighted by atomic mass is 16.5. The van der Waals surface area contributed by atoms with E-state index in [-0.39, 0.29) is 5.91 Å². The molecule has 0 unspecified atom stereocenters. The van der Waals surface area contributed by atoms with Crippen molar-refractivity contribution in [2.45, 2.75) is 33.1 Å². The molecule has 0 saturated carbocycles. The number of methoxy groups -OCH3 is 2. The molecule has 128 valence electrons. The van der Waals surface area contributed by atoms with E-state index >= 15 is 0 Å². The summed E-state index contributed by atoms with van der Waals surface area (Å²) in [7, 11) is 3.18. The Kier molecular flexibility index (Phi) is 6.24. The van der Waals surface area contributed by atoms with Crippen molar-refractivity contribution in [3.05, 3.63) is 53.1 Å². The predicted octanol–water partition coefficient (Wildman–Crippen LogP) is 4.15. The Labute approximate surface area is 143 Å². The van der Waals surface area contributed by atoms with Crippen LogP contribution in [0.25, 0.3) is 0 Å². The molecule has 1 amide bonds. The molecule has 0 bridgehead atoms. The third-order valence-electron chi connectivity index (χ3n) is 4.08. The van der Waals surface area contributed by atoms with Crippen LogP contribution in [0.5, 0.6) is 11.5 Å². The van der Waals surface area contributed by atoms with E-state index in [0.29, 0.717) is 17.9 Å². The van der Waals surface area contributed by atoms with E-state index in [9.17, 15) is 4.79 Å². The van der Waals surface area contributed by atoms with E-state index < -0.39 is 0 Å². The minimum absolute atomic E-state index is 0.00936. The SMILES string of the molecule is CCc1ccc(CCC(=O)Nc2cc(OC)c(OC)cc2C)cc1. The number of carbonyl (C=O) groups is 1. The van der Waals surface area contributed by atoms with Gasteiger partial charge in [-0.05, 0) is 42.5 Å². The molecule has 0 heterocycles. The number of ether oxygens (including phenoxy) is 2. The lowest BCUT2D eigenvalue weighted by atomic mass is 10.1. The molecular weight excluding hydrogens is 302 g/mol. The smallest absolute Gasteiger partial charge is 0.224 e. The van der Waals surface area contributed by atoms with Gasteiger partial charge in [-0.15, -0.1) is 0 Å². The number of aryl methyl sites for hydroxylation is 3. The summed E-state index contributed by atoms with van der Waals surface area (Å²) in [5, 5.41) is 2.95. The number of rotatable bonds is 7. The molecule has 4 heteroatoms. The summed E-state index contributed by atoms with van der Waals surface area (Å²) in [6.45, 7) is 4.06. The van der Waals surface area contributed by atoms with E-state index in [2.05, 4.69) is 36.5 Å². The highest BCUT2D eigenvalue weighted by Crippen LogP contribution is 2.32. The molecule has 0 radical (unpaired) electrons. The molecule has 0 aromatic heterocycles. The summed E-state index contributed by atoms with van der Waals surface area (Å²) < 4.78 is 10.6. The second-order valence-corrected chi connectivity index (χ2v) is 5.74. The van der Waals surface area contributed by atoms with Crippen molar-refractivity contribution >= 4 is 11.6 Å². The van der Waals surface area contributed by atoms with Gasteiger partial charge in [0.25, 0.3) is 0 Å². The topological polar surface area (TPSA) is 47.6 Å². The van der Waals surface area contributed by atoms with Crippen molar-refractivity contribution in [1.29, 1.82) is 0 Å². The standard InChI is InChI=1S/C20H25NO3/c1-5-15-6-8-16(9-7-15)10-11-20(22)21-17-13-19(24-4)18(23-3)12-14(17)2/h6-9,12-13H,5,10-11H2,1-4H3,(H,21,22). The summed E-state index contributed by atoms with van der Waals surface area (Å²) in [6, 6.07) is 12.1. The zero-order chi connectivity index (χ0) is 17.5. The van der Waals surface area contributed by atoms with Gasteiger partial charge < -0.3 is 14.8 Å². The van der Waals surface area contributed by atoms with Crippen molar-refractivity contribution in [3.8, 4) is 11.5 Å². The molecule has 2 aromatic carbocycles. The van der Waals surface area contributed by atoms with Crippen molar-refractivity contribution in [2.75, 3.05) is 19.5 Å². The second-order valence-electron chi connectivity index (χ2n) is 5.74. The van der Waals surface area contributed by atoms with Gasteiger partial charge in [0.1, 0.15) is 0 Å². The van der Waals surface area contributed by atoms with E-state index in [1.807, 2.05) is 13.0 Å². The highest BCUT2D eigenvalue weighted by Gasteiger charge is 2.11. The molecule has 0 aliphatic rings. The number of amides is 1. The van der Waals surface area contributed by atoms with Crippen molar-refractivity contribution in [2.24, 2.45) is 0 Å². The molecule has 24 heavy (non-hydrogen) atoms. The Bertz CT molecular complexity index is 693. The third-order valence-corrected chi connectivity index (χ3v) is 4.08.